The van der Waals surface area contributed by atoms with Crippen molar-refractivity contribution in [1.29, 1.82) is 0 Å². The molecule has 1 N–H and O–H groups in total. The molecule has 0 saturated carbocycles. The van der Waals surface area contributed by atoms with Gasteiger partial charge in [0.1, 0.15) is 17.2 Å². The van der Waals surface area contributed by atoms with Crippen molar-refractivity contribution in [2.45, 2.75) is 0 Å². The van der Waals surface area contributed by atoms with Gasteiger partial charge in [0.15, 0.2) is 17.3 Å². The van der Waals surface area contributed by atoms with Crippen LogP contribution in [-0.2, 0) is 0 Å². The molecule has 30 heavy (non-hydrogen) atoms. The zero-order valence-electron chi connectivity index (χ0n) is 15.7. The van der Waals surface area contributed by atoms with Gasteiger partial charge in [-0.25, -0.2) is 14.4 Å². The number of benzene rings is 2. The van der Waals surface area contributed by atoms with Crippen molar-refractivity contribution in [3.63, 3.8) is 0 Å². The summed E-state index contributed by atoms with van der Waals surface area (Å²) in [6.45, 7) is 0. The van der Waals surface area contributed by atoms with Gasteiger partial charge in [0.05, 0.1) is 12.0 Å². The summed E-state index contributed by atoms with van der Waals surface area (Å²) in [5.74, 6) is 0.00761. The molecule has 2 heterocycles. The van der Waals surface area contributed by atoms with E-state index in [0.29, 0.717) is 22.7 Å². The second-order valence-electron chi connectivity index (χ2n) is 6.32. The molecule has 0 amide bonds. The van der Waals surface area contributed by atoms with Crippen LogP contribution in [0, 0.1) is 15.9 Å². The van der Waals surface area contributed by atoms with E-state index in [9.17, 15) is 19.6 Å². The average molecular weight is 406 g/mol. The molecule has 0 unspecified atom stereocenters. The molecular weight excluding hydrogens is 391 g/mol. The number of aromatic nitrogens is 2. The van der Waals surface area contributed by atoms with Crippen LogP contribution in [0.25, 0.3) is 16.9 Å². The summed E-state index contributed by atoms with van der Waals surface area (Å²) in [5.41, 5.74) is 1.44. The number of hydrogen-bond donors (Lipinski definition) is 1. The fraction of sp³-hybridized carbons (Fsp3) is 0.0476. The maximum absolute atomic E-state index is 14.2. The Balaban J connectivity index is 1.87. The standard InChI is InChI=1S/C21H15FN4O4/c1-30-18-11-13(5-8-17(18)27)20-21(25-9-3-2-4-19(25)24-20)23-12-14-10-15(26(28)29)6-7-16(14)22/h2-12,27H,1H3. The van der Waals surface area contributed by atoms with Gasteiger partial charge in [0, 0.05) is 35.7 Å². The monoisotopic (exact) mass is 406 g/mol. The van der Waals surface area contributed by atoms with Gasteiger partial charge in [-0.2, -0.15) is 0 Å². The molecule has 0 aliphatic heterocycles. The Morgan fingerprint density at radius 1 is 1.23 bits per heavy atom. The van der Waals surface area contributed by atoms with Gasteiger partial charge < -0.3 is 9.84 Å². The quantitative estimate of drug-likeness (QED) is 0.298. The van der Waals surface area contributed by atoms with Gasteiger partial charge in [-0.05, 0) is 36.4 Å². The van der Waals surface area contributed by atoms with E-state index in [-0.39, 0.29) is 22.7 Å². The predicted octanol–water partition coefficient (Wildman–Crippen LogP) is 4.51. The number of methoxy groups -OCH3 is 1. The molecule has 0 saturated heterocycles. The minimum absolute atomic E-state index is 0.0197. The van der Waals surface area contributed by atoms with Crippen LogP contribution >= 0.6 is 0 Å². The van der Waals surface area contributed by atoms with Gasteiger partial charge in [-0.1, -0.05) is 6.07 Å². The molecule has 0 aliphatic carbocycles. The summed E-state index contributed by atoms with van der Waals surface area (Å²) in [6.07, 6.45) is 2.97. The van der Waals surface area contributed by atoms with Crippen LogP contribution in [0.4, 0.5) is 15.9 Å². The lowest BCUT2D eigenvalue weighted by atomic mass is 10.1. The maximum atomic E-state index is 14.2. The van der Waals surface area contributed by atoms with Crippen LogP contribution in [0.3, 0.4) is 0 Å². The fourth-order valence-corrected chi connectivity index (χ4v) is 3.00. The van der Waals surface area contributed by atoms with Crippen LogP contribution in [0.5, 0.6) is 11.5 Å². The number of aliphatic imine (C=N–C) groups is 1. The number of ether oxygens (including phenoxy) is 1. The zero-order valence-corrected chi connectivity index (χ0v) is 15.7. The molecule has 8 nitrogen and oxygen atoms in total. The molecule has 4 rings (SSSR count). The Bertz CT molecular complexity index is 1300. The number of phenols is 1. The van der Waals surface area contributed by atoms with Crippen LogP contribution < -0.4 is 4.74 Å². The number of fused-ring (bicyclic) bond motifs is 1. The highest BCUT2D eigenvalue weighted by molar-refractivity contribution is 5.86. The lowest BCUT2D eigenvalue weighted by Crippen LogP contribution is -1.94. The van der Waals surface area contributed by atoms with Crippen LogP contribution in [-0.4, -0.2) is 32.7 Å². The summed E-state index contributed by atoms with van der Waals surface area (Å²) in [4.78, 5) is 19.4. The number of aromatic hydroxyl groups is 1. The van der Waals surface area contributed by atoms with Crippen molar-refractivity contribution in [2.24, 2.45) is 4.99 Å². The number of hydrogen-bond acceptors (Lipinski definition) is 6. The molecule has 0 aliphatic rings. The van der Waals surface area contributed by atoms with E-state index in [2.05, 4.69) is 9.98 Å². The Labute approximate surface area is 169 Å². The highest BCUT2D eigenvalue weighted by atomic mass is 19.1. The second-order valence-corrected chi connectivity index (χ2v) is 6.32. The molecule has 2 aromatic carbocycles. The van der Waals surface area contributed by atoms with Gasteiger partial charge in [-0.15, -0.1) is 0 Å². The fourth-order valence-electron chi connectivity index (χ4n) is 3.00. The maximum Gasteiger partial charge on any atom is 0.270 e. The van der Waals surface area contributed by atoms with E-state index >= 15 is 0 Å². The molecule has 2 aromatic heterocycles. The first-order valence-corrected chi connectivity index (χ1v) is 8.80. The third-order valence-corrected chi connectivity index (χ3v) is 4.47. The van der Waals surface area contributed by atoms with Gasteiger partial charge in [0.25, 0.3) is 5.69 Å². The molecule has 0 bridgehead atoms. The van der Waals surface area contributed by atoms with E-state index in [4.69, 9.17) is 4.74 Å². The number of nitro benzene ring substituents is 1. The predicted molar refractivity (Wildman–Crippen MR) is 109 cm³/mol. The summed E-state index contributed by atoms with van der Waals surface area (Å²) in [7, 11) is 1.44. The summed E-state index contributed by atoms with van der Waals surface area (Å²) < 4.78 is 21.0. The highest BCUT2D eigenvalue weighted by Crippen LogP contribution is 2.36. The van der Waals surface area contributed by atoms with Crippen molar-refractivity contribution in [3.05, 3.63) is 82.3 Å². The lowest BCUT2D eigenvalue weighted by Gasteiger charge is -2.06. The molecular formula is C21H15FN4O4. The van der Waals surface area contributed by atoms with Crippen molar-refractivity contribution < 1.29 is 19.2 Å². The van der Waals surface area contributed by atoms with E-state index in [0.717, 1.165) is 18.2 Å². The normalized spacial score (nSPS) is 11.3. The molecule has 9 heteroatoms. The Morgan fingerprint density at radius 2 is 2.07 bits per heavy atom. The second kappa shape index (κ2) is 7.63. The van der Waals surface area contributed by atoms with Gasteiger partial charge in [-0.3, -0.25) is 14.5 Å². The first kappa shape index (κ1) is 19.1. The van der Waals surface area contributed by atoms with Crippen LogP contribution in [0.15, 0.2) is 65.8 Å². The number of non-ortho nitro benzene ring substituents is 1. The van der Waals surface area contributed by atoms with Crippen LogP contribution in [0.1, 0.15) is 5.56 Å². The number of nitrogens with zero attached hydrogens (tertiary/aromatic N) is 4. The number of pyridine rings is 1. The van der Waals surface area contributed by atoms with E-state index in [1.807, 2.05) is 6.07 Å². The summed E-state index contributed by atoms with van der Waals surface area (Å²) >= 11 is 0. The number of phenolic OH excluding ortho intramolecular Hbond substituents is 1. The van der Waals surface area contributed by atoms with Crippen molar-refractivity contribution in [2.75, 3.05) is 7.11 Å². The first-order chi connectivity index (χ1) is 14.5. The SMILES string of the molecule is COc1cc(-c2nc3ccccn3c2N=Cc2cc([N+](=O)[O-])ccc2F)ccc1O. The Kier molecular flexibility index (Phi) is 4.85. The minimum Gasteiger partial charge on any atom is -0.504 e. The number of rotatable bonds is 5. The van der Waals surface area contributed by atoms with Crippen molar-refractivity contribution in [1.82, 2.24) is 9.38 Å². The third-order valence-electron chi connectivity index (χ3n) is 4.47. The van der Waals surface area contributed by atoms with E-state index in [1.165, 1.54) is 19.4 Å². The minimum atomic E-state index is -0.633. The molecule has 0 spiro atoms. The van der Waals surface area contributed by atoms with E-state index < -0.39 is 10.7 Å². The largest absolute Gasteiger partial charge is 0.504 e. The zero-order chi connectivity index (χ0) is 21.3. The van der Waals surface area contributed by atoms with Crippen LogP contribution in [0.2, 0.25) is 0 Å². The Hall–Kier alpha value is -4.27. The van der Waals surface area contributed by atoms with Crippen molar-refractivity contribution >= 4 is 23.4 Å². The summed E-state index contributed by atoms with van der Waals surface area (Å²) in [6, 6.07) is 13.4. The number of nitro groups is 1. The highest BCUT2D eigenvalue weighted by Gasteiger charge is 2.16. The molecule has 4 aromatic rings. The lowest BCUT2D eigenvalue weighted by molar-refractivity contribution is -0.384. The van der Waals surface area contributed by atoms with E-state index in [1.54, 1.807) is 34.9 Å². The van der Waals surface area contributed by atoms with Crippen molar-refractivity contribution in [3.8, 4) is 22.8 Å². The number of halogens is 1. The third kappa shape index (κ3) is 3.44. The molecule has 0 atom stereocenters. The average Bonchev–Trinajstić information content (AvgIpc) is 3.12. The molecule has 150 valence electrons. The number of imidazole rings is 1. The van der Waals surface area contributed by atoms with Gasteiger partial charge in [0.2, 0.25) is 0 Å². The molecule has 0 fully saturated rings. The molecule has 0 radical (unpaired) electrons. The summed E-state index contributed by atoms with van der Waals surface area (Å²) in [5, 5.41) is 20.9. The van der Waals surface area contributed by atoms with Gasteiger partial charge >= 0.3 is 0 Å². The Morgan fingerprint density at radius 3 is 2.83 bits per heavy atom. The topological polar surface area (TPSA) is 102 Å². The first-order valence-electron chi connectivity index (χ1n) is 8.80. The smallest absolute Gasteiger partial charge is 0.270 e.